The van der Waals surface area contributed by atoms with Crippen LogP contribution in [0.25, 0.3) is 20.8 Å². The molecule has 0 bridgehead atoms. The highest BCUT2D eigenvalue weighted by Crippen LogP contribution is 2.33. The summed E-state index contributed by atoms with van der Waals surface area (Å²) in [6.07, 6.45) is 0. The van der Waals surface area contributed by atoms with Gasteiger partial charge in [-0.3, -0.25) is 0 Å². The normalized spacial score (nSPS) is 11.0. The van der Waals surface area contributed by atoms with Crippen LogP contribution in [-0.2, 0) is 0 Å². The molecule has 0 fully saturated rings. The summed E-state index contributed by atoms with van der Waals surface area (Å²) in [6, 6.07) is 12.2. The number of fused-ring (bicyclic) bond motifs is 1. The van der Waals surface area contributed by atoms with Crippen molar-refractivity contribution in [2.75, 3.05) is 5.73 Å². The lowest BCUT2D eigenvalue weighted by Gasteiger charge is -2.00. The predicted octanol–water partition coefficient (Wildman–Crippen LogP) is 4.62. The van der Waals surface area contributed by atoms with E-state index in [0.29, 0.717) is 0 Å². The minimum atomic E-state index is 0.746. The Kier molecular flexibility index (Phi) is 2.84. The van der Waals surface area contributed by atoms with Gasteiger partial charge in [0.25, 0.3) is 0 Å². The Morgan fingerprint density at radius 2 is 2.06 bits per heavy atom. The summed E-state index contributed by atoms with van der Waals surface area (Å²) in [5.74, 6) is 0. The number of anilines is 1. The van der Waals surface area contributed by atoms with Crippen LogP contribution >= 0.6 is 27.3 Å². The van der Waals surface area contributed by atoms with E-state index in [1.165, 1.54) is 10.3 Å². The maximum absolute atomic E-state index is 5.80. The number of hydrogen-bond donors (Lipinski definition) is 1. The lowest BCUT2D eigenvalue weighted by molar-refractivity contribution is 1.42. The molecule has 1 heterocycles. The van der Waals surface area contributed by atoms with Crippen molar-refractivity contribution in [3.05, 3.63) is 46.4 Å². The summed E-state index contributed by atoms with van der Waals surface area (Å²) >= 11 is 5.16. The first-order valence-corrected chi connectivity index (χ1v) is 7.17. The summed E-state index contributed by atoms with van der Waals surface area (Å²) < 4.78 is 2.13. The average molecular weight is 319 g/mol. The lowest BCUT2D eigenvalue weighted by Crippen LogP contribution is -1.86. The molecule has 2 N–H and O–H groups in total. The highest BCUT2D eigenvalue weighted by Gasteiger charge is 2.08. The Morgan fingerprint density at radius 1 is 1.22 bits per heavy atom. The van der Waals surface area contributed by atoms with Crippen molar-refractivity contribution < 1.29 is 0 Å². The van der Waals surface area contributed by atoms with Gasteiger partial charge < -0.3 is 5.73 Å². The molecule has 4 heteroatoms. The maximum Gasteiger partial charge on any atom is 0.124 e. The molecule has 0 aliphatic heterocycles. The first-order valence-electron chi connectivity index (χ1n) is 5.57. The third-order valence-corrected chi connectivity index (χ3v) is 4.62. The summed E-state index contributed by atoms with van der Waals surface area (Å²) in [4.78, 5) is 4.71. The van der Waals surface area contributed by atoms with Crippen LogP contribution in [0.4, 0.5) is 5.69 Å². The van der Waals surface area contributed by atoms with Gasteiger partial charge in [0.05, 0.1) is 10.2 Å². The van der Waals surface area contributed by atoms with Gasteiger partial charge in [0.15, 0.2) is 0 Å². The van der Waals surface area contributed by atoms with E-state index in [4.69, 9.17) is 10.7 Å². The molecule has 0 saturated carbocycles. The molecular weight excluding hydrogens is 308 g/mol. The number of thiazole rings is 1. The first-order chi connectivity index (χ1) is 8.65. The summed E-state index contributed by atoms with van der Waals surface area (Å²) in [6.45, 7) is 2.09. The molecule has 2 aromatic carbocycles. The number of aromatic nitrogens is 1. The zero-order chi connectivity index (χ0) is 12.7. The monoisotopic (exact) mass is 318 g/mol. The van der Waals surface area contributed by atoms with E-state index in [-0.39, 0.29) is 0 Å². The van der Waals surface area contributed by atoms with Crippen molar-refractivity contribution in [1.29, 1.82) is 0 Å². The van der Waals surface area contributed by atoms with E-state index in [9.17, 15) is 0 Å². The van der Waals surface area contributed by atoms with Crippen LogP contribution in [0.15, 0.2) is 40.9 Å². The van der Waals surface area contributed by atoms with Crippen molar-refractivity contribution >= 4 is 43.2 Å². The van der Waals surface area contributed by atoms with Crippen molar-refractivity contribution in [3.63, 3.8) is 0 Å². The number of nitrogens with zero attached hydrogens (tertiary/aromatic N) is 1. The van der Waals surface area contributed by atoms with Gasteiger partial charge in [-0.2, -0.15) is 0 Å². The third kappa shape index (κ3) is 1.91. The minimum Gasteiger partial charge on any atom is -0.398 e. The molecular formula is C14H11BrN2S. The fourth-order valence-corrected chi connectivity index (χ4v) is 3.29. The molecule has 0 spiro atoms. The van der Waals surface area contributed by atoms with Crippen LogP contribution in [0.2, 0.25) is 0 Å². The van der Waals surface area contributed by atoms with Gasteiger partial charge in [-0.1, -0.05) is 12.1 Å². The third-order valence-electron chi connectivity index (χ3n) is 2.87. The molecule has 0 unspecified atom stereocenters. The SMILES string of the molecule is Cc1cccc2sc(-c3ccc(N)c(Br)c3)nc12. The molecule has 90 valence electrons. The molecule has 2 nitrogen and oxygen atoms in total. The second-order valence-electron chi connectivity index (χ2n) is 4.18. The number of aryl methyl sites for hydroxylation is 1. The van der Waals surface area contributed by atoms with Crippen molar-refractivity contribution in [1.82, 2.24) is 4.98 Å². The molecule has 3 rings (SSSR count). The van der Waals surface area contributed by atoms with Crippen molar-refractivity contribution in [2.24, 2.45) is 0 Å². The molecule has 0 saturated heterocycles. The van der Waals surface area contributed by atoms with Gasteiger partial charge in [0, 0.05) is 15.7 Å². The van der Waals surface area contributed by atoms with E-state index >= 15 is 0 Å². The number of nitrogens with two attached hydrogens (primary N) is 1. The summed E-state index contributed by atoms with van der Waals surface area (Å²) in [7, 11) is 0. The number of nitrogen functional groups attached to an aromatic ring is 1. The van der Waals surface area contributed by atoms with Crippen LogP contribution in [0, 0.1) is 6.92 Å². The van der Waals surface area contributed by atoms with E-state index in [2.05, 4.69) is 41.1 Å². The second-order valence-corrected chi connectivity index (χ2v) is 6.06. The van der Waals surface area contributed by atoms with E-state index in [0.717, 1.165) is 26.2 Å². The van der Waals surface area contributed by atoms with Gasteiger partial charge in [-0.15, -0.1) is 11.3 Å². The van der Waals surface area contributed by atoms with E-state index < -0.39 is 0 Å². The number of halogens is 1. The van der Waals surface area contributed by atoms with Gasteiger partial charge in [-0.05, 0) is 52.7 Å². The quantitative estimate of drug-likeness (QED) is 0.665. The van der Waals surface area contributed by atoms with Crippen LogP contribution in [0.1, 0.15) is 5.56 Å². The van der Waals surface area contributed by atoms with Crippen molar-refractivity contribution in [3.8, 4) is 10.6 Å². The molecule has 3 aromatic rings. The largest absolute Gasteiger partial charge is 0.398 e. The van der Waals surface area contributed by atoms with Gasteiger partial charge in [0.2, 0.25) is 0 Å². The minimum absolute atomic E-state index is 0.746. The molecule has 0 radical (unpaired) electrons. The maximum atomic E-state index is 5.80. The van der Waals surface area contributed by atoms with Crippen LogP contribution in [0.5, 0.6) is 0 Å². The zero-order valence-corrected chi connectivity index (χ0v) is 12.2. The summed E-state index contributed by atoms with van der Waals surface area (Å²) in [5, 5.41) is 1.03. The van der Waals surface area contributed by atoms with Crippen LogP contribution in [0.3, 0.4) is 0 Å². The Labute approximate surface area is 118 Å². The van der Waals surface area contributed by atoms with Crippen LogP contribution in [-0.4, -0.2) is 4.98 Å². The zero-order valence-electron chi connectivity index (χ0n) is 9.77. The number of hydrogen-bond acceptors (Lipinski definition) is 3. The number of benzene rings is 2. The number of rotatable bonds is 1. The molecule has 0 amide bonds. The molecule has 0 atom stereocenters. The predicted molar refractivity (Wildman–Crippen MR) is 81.9 cm³/mol. The molecule has 18 heavy (non-hydrogen) atoms. The van der Waals surface area contributed by atoms with Gasteiger partial charge in [0.1, 0.15) is 5.01 Å². The highest BCUT2D eigenvalue weighted by molar-refractivity contribution is 9.10. The first kappa shape index (κ1) is 11.7. The van der Waals surface area contributed by atoms with E-state index in [1.54, 1.807) is 11.3 Å². The topological polar surface area (TPSA) is 38.9 Å². The fraction of sp³-hybridized carbons (Fsp3) is 0.0714. The van der Waals surface area contributed by atoms with Crippen molar-refractivity contribution in [2.45, 2.75) is 6.92 Å². The van der Waals surface area contributed by atoms with Gasteiger partial charge >= 0.3 is 0 Å². The number of para-hydroxylation sites is 1. The highest BCUT2D eigenvalue weighted by atomic mass is 79.9. The Bertz CT molecular complexity index is 734. The summed E-state index contributed by atoms with van der Waals surface area (Å²) in [5.41, 5.74) is 9.94. The lowest BCUT2D eigenvalue weighted by atomic mass is 10.2. The average Bonchev–Trinajstić information content (AvgIpc) is 2.78. The van der Waals surface area contributed by atoms with Gasteiger partial charge in [-0.25, -0.2) is 4.98 Å². The molecule has 1 aromatic heterocycles. The molecule has 0 aliphatic rings. The molecule has 0 aliphatic carbocycles. The van der Waals surface area contributed by atoms with E-state index in [1.807, 2.05) is 18.2 Å². The van der Waals surface area contributed by atoms with Crippen LogP contribution < -0.4 is 5.73 Å². The Balaban J connectivity index is 2.19. The fourth-order valence-electron chi connectivity index (χ4n) is 1.87. The Morgan fingerprint density at radius 3 is 2.78 bits per heavy atom. The smallest absolute Gasteiger partial charge is 0.124 e. The standard InChI is InChI=1S/C14H11BrN2S/c1-8-3-2-4-12-13(8)17-14(18-12)9-5-6-11(16)10(15)7-9/h2-7H,16H2,1H3. The Hall–Kier alpha value is -1.39. The second kappa shape index (κ2) is 4.37.